The van der Waals surface area contributed by atoms with Gasteiger partial charge in [-0.2, -0.15) is 5.01 Å². The molecule has 2 unspecified atom stereocenters. The number of halogens is 2. The van der Waals surface area contributed by atoms with Crippen molar-refractivity contribution in [2.75, 3.05) is 0 Å². The number of nitrogens with zero attached hydrogens (tertiary/aromatic N) is 1. The Kier molecular flexibility index (Phi) is 3.62. The molecular formula is C20H14BrFN2O2. The molecule has 3 heterocycles. The minimum Gasteiger partial charge on any atom is -0.469 e. The molecule has 0 bridgehead atoms. The normalized spacial score (nSPS) is 21.4. The Hall–Kier alpha value is -2.57. The third kappa shape index (κ3) is 2.53. The highest BCUT2D eigenvalue weighted by molar-refractivity contribution is 9.10. The number of furan rings is 1. The van der Waals surface area contributed by atoms with Gasteiger partial charge in [-0.25, -0.2) is 4.39 Å². The minimum atomic E-state index is -0.465. The Labute approximate surface area is 158 Å². The van der Waals surface area contributed by atoms with E-state index in [2.05, 4.69) is 27.4 Å². The highest BCUT2D eigenvalue weighted by Crippen LogP contribution is 2.46. The summed E-state index contributed by atoms with van der Waals surface area (Å²) in [4.78, 5) is 0. The van der Waals surface area contributed by atoms with E-state index in [4.69, 9.17) is 9.15 Å². The average molecular weight is 413 g/mol. The lowest BCUT2D eigenvalue weighted by molar-refractivity contribution is -0.0330. The van der Waals surface area contributed by atoms with Crippen LogP contribution in [0.3, 0.4) is 0 Å². The maximum Gasteiger partial charge on any atom is 0.196 e. The van der Waals surface area contributed by atoms with Gasteiger partial charge < -0.3 is 14.6 Å². The van der Waals surface area contributed by atoms with E-state index in [-0.39, 0.29) is 11.9 Å². The van der Waals surface area contributed by atoms with Gasteiger partial charge in [0.2, 0.25) is 0 Å². The van der Waals surface area contributed by atoms with Crippen LogP contribution in [-0.2, 0) is 0 Å². The third-order valence-corrected chi connectivity index (χ3v) is 5.07. The zero-order valence-electron chi connectivity index (χ0n) is 13.5. The Morgan fingerprint density at radius 3 is 2.81 bits per heavy atom. The van der Waals surface area contributed by atoms with E-state index < -0.39 is 6.23 Å². The van der Waals surface area contributed by atoms with Crippen LogP contribution >= 0.6 is 15.9 Å². The first-order valence-corrected chi connectivity index (χ1v) is 9.00. The summed E-state index contributed by atoms with van der Waals surface area (Å²) >= 11 is 3.53. The summed E-state index contributed by atoms with van der Waals surface area (Å²) in [5.41, 5.74) is 5.99. The number of benzene rings is 2. The summed E-state index contributed by atoms with van der Waals surface area (Å²) in [6.07, 6.45) is 3.27. The number of hydrogen-bond donors (Lipinski definition) is 1. The predicted octanol–water partition coefficient (Wildman–Crippen LogP) is 5.17. The number of nitrogens with one attached hydrogen (secondary N) is 1. The molecule has 2 aliphatic rings. The molecule has 2 aliphatic heterocycles. The van der Waals surface area contributed by atoms with E-state index in [1.807, 2.05) is 41.4 Å². The van der Waals surface area contributed by atoms with Crippen molar-refractivity contribution in [1.29, 1.82) is 0 Å². The quantitative estimate of drug-likeness (QED) is 0.629. The van der Waals surface area contributed by atoms with Gasteiger partial charge >= 0.3 is 0 Å². The number of hydrazine groups is 1. The summed E-state index contributed by atoms with van der Waals surface area (Å²) in [7, 11) is 0. The molecule has 1 aromatic heterocycles. The molecule has 130 valence electrons. The maximum absolute atomic E-state index is 13.8. The van der Waals surface area contributed by atoms with Crippen LogP contribution in [0.25, 0.3) is 5.70 Å². The molecule has 0 saturated carbocycles. The molecule has 0 fully saturated rings. The van der Waals surface area contributed by atoms with Gasteiger partial charge in [-0.15, -0.1) is 0 Å². The smallest absolute Gasteiger partial charge is 0.196 e. The van der Waals surface area contributed by atoms with Crippen molar-refractivity contribution in [2.24, 2.45) is 0 Å². The summed E-state index contributed by atoms with van der Waals surface area (Å²) in [6, 6.07) is 16.1. The largest absolute Gasteiger partial charge is 0.469 e. The first kappa shape index (κ1) is 15.7. The first-order chi connectivity index (χ1) is 12.7. The van der Waals surface area contributed by atoms with Gasteiger partial charge in [-0.1, -0.05) is 28.1 Å². The van der Waals surface area contributed by atoms with E-state index >= 15 is 0 Å². The lowest BCUT2D eigenvalue weighted by atomic mass is 10.0. The van der Waals surface area contributed by atoms with Crippen molar-refractivity contribution in [3.63, 3.8) is 0 Å². The highest BCUT2D eigenvalue weighted by Gasteiger charge is 2.40. The fourth-order valence-electron chi connectivity index (χ4n) is 3.42. The lowest BCUT2D eigenvalue weighted by Crippen LogP contribution is -2.43. The second-order valence-corrected chi connectivity index (χ2v) is 7.14. The van der Waals surface area contributed by atoms with Crippen LogP contribution < -0.4 is 10.2 Å². The molecule has 0 saturated heterocycles. The van der Waals surface area contributed by atoms with E-state index in [1.54, 1.807) is 12.3 Å². The van der Waals surface area contributed by atoms with Crippen molar-refractivity contribution in [1.82, 2.24) is 10.4 Å². The summed E-state index contributed by atoms with van der Waals surface area (Å²) < 4.78 is 26.5. The number of hydrogen-bond acceptors (Lipinski definition) is 4. The first-order valence-electron chi connectivity index (χ1n) is 8.21. The monoisotopic (exact) mass is 412 g/mol. The summed E-state index contributed by atoms with van der Waals surface area (Å²) in [5.74, 6) is 1.24. The topological polar surface area (TPSA) is 37.6 Å². The molecule has 1 N–H and O–H groups in total. The van der Waals surface area contributed by atoms with Crippen LogP contribution in [0.4, 0.5) is 4.39 Å². The van der Waals surface area contributed by atoms with Crippen LogP contribution in [0.5, 0.6) is 5.75 Å². The van der Waals surface area contributed by atoms with Crippen molar-refractivity contribution in [2.45, 2.75) is 12.3 Å². The van der Waals surface area contributed by atoms with Crippen molar-refractivity contribution in [3.05, 3.63) is 94.1 Å². The zero-order valence-corrected chi connectivity index (χ0v) is 15.1. The zero-order chi connectivity index (χ0) is 17.7. The van der Waals surface area contributed by atoms with Crippen LogP contribution in [0.15, 0.2) is 75.8 Å². The molecule has 4 nitrogen and oxygen atoms in total. The van der Waals surface area contributed by atoms with Crippen LogP contribution in [0.1, 0.15) is 29.2 Å². The van der Waals surface area contributed by atoms with Gasteiger partial charge in [-0.3, -0.25) is 0 Å². The van der Waals surface area contributed by atoms with E-state index in [0.29, 0.717) is 0 Å². The van der Waals surface area contributed by atoms with E-state index in [9.17, 15) is 4.39 Å². The molecule has 0 amide bonds. The van der Waals surface area contributed by atoms with Crippen LogP contribution in [-0.4, -0.2) is 5.01 Å². The van der Waals surface area contributed by atoms with Gasteiger partial charge in [0.25, 0.3) is 0 Å². The number of ether oxygens (including phenoxy) is 1. The van der Waals surface area contributed by atoms with Crippen molar-refractivity contribution < 1.29 is 13.5 Å². The molecule has 3 aromatic rings. The molecule has 2 aromatic carbocycles. The SMILES string of the molecule is Fc1cccc(C2Oc3ccc(Br)cc3C3C=C(c4ccco4)NN32)c1. The second-order valence-electron chi connectivity index (χ2n) is 6.23. The van der Waals surface area contributed by atoms with Gasteiger partial charge in [0, 0.05) is 15.6 Å². The fourth-order valence-corrected chi connectivity index (χ4v) is 3.80. The van der Waals surface area contributed by atoms with Crippen molar-refractivity contribution in [3.8, 4) is 5.75 Å². The number of fused-ring (bicyclic) bond motifs is 3. The molecule has 0 spiro atoms. The molecular weight excluding hydrogens is 399 g/mol. The highest BCUT2D eigenvalue weighted by atomic mass is 79.9. The molecule has 5 rings (SSSR count). The predicted molar refractivity (Wildman–Crippen MR) is 98.3 cm³/mol. The van der Waals surface area contributed by atoms with Gasteiger partial charge in [0.05, 0.1) is 18.0 Å². The van der Waals surface area contributed by atoms with Gasteiger partial charge in [0.1, 0.15) is 11.6 Å². The lowest BCUT2D eigenvalue weighted by Gasteiger charge is -2.38. The summed E-state index contributed by atoms with van der Waals surface area (Å²) in [5, 5.41) is 1.97. The number of rotatable bonds is 2. The van der Waals surface area contributed by atoms with Crippen molar-refractivity contribution >= 4 is 21.6 Å². The molecule has 26 heavy (non-hydrogen) atoms. The van der Waals surface area contributed by atoms with Gasteiger partial charge in [-0.05, 0) is 48.5 Å². The van der Waals surface area contributed by atoms with E-state index in [1.165, 1.54) is 12.1 Å². The summed E-state index contributed by atoms with van der Waals surface area (Å²) in [6.45, 7) is 0. The Morgan fingerprint density at radius 2 is 2.00 bits per heavy atom. The molecule has 2 atom stereocenters. The van der Waals surface area contributed by atoms with Crippen LogP contribution in [0.2, 0.25) is 0 Å². The standard InChI is InChI=1S/C20H14BrFN2O2/c21-13-6-7-18-15(10-13)17-11-16(19-5-2-8-25-19)23-24(17)20(26-18)12-3-1-4-14(22)9-12/h1-11,17,20,23H. The minimum absolute atomic E-state index is 0.0652. The second kappa shape index (κ2) is 6.00. The fraction of sp³-hybridized carbons (Fsp3) is 0.100. The van der Waals surface area contributed by atoms with E-state index in [0.717, 1.165) is 32.8 Å². The average Bonchev–Trinajstić information content (AvgIpc) is 3.31. The Balaban J connectivity index is 1.62. The molecule has 0 radical (unpaired) electrons. The Bertz CT molecular complexity index is 1000. The maximum atomic E-state index is 13.8. The van der Waals surface area contributed by atoms with Crippen LogP contribution in [0, 0.1) is 5.82 Å². The van der Waals surface area contributed by atoms with Gasteiger partial charge in [0.15, 0.2) is 12.0 Å². The molecule has 6 heteroatoms. The third-order valence-electron chi connectivity index (χ3n) is 4.58. The molecule has 0 aliphatic carbocycles. The Morgan fingerprint density at radius 1 is 1.08 bits per heavy atom.